The summed E-state index contributed by atoms with van der Waals surface area (Å²) in [4.78, 5) is 17.6. The highest BCUT2D eigenvalue weighted by molar-refractivity contribution is 6.31. The molecular weight excluding hydrogens is 439 g/mol. The van der Waals surface area contributed by atoms with Crippen LogP contribution in [-0.4, -0.2) is 40.9 Å². The Morgan fingerprint density at radius 2 is 1.82 bits per heavy atom. The Balaban J connectivity index is 1.18. The van der Waals surface area contributed by atoms with Crippen molar-refractivity contribution >= 4 is 17.5 Å². The Hall–Kier alpha value is -2.89. The van der Waals surface area contributed by atoms with Gasteiger partial charge in [0, 0.05) is 42.3 Å². The maximum absolute atomic E-state index is 13.3. The van der Waals surface area contributed by atoms with Crippen molar-refractivity contribution in [3.63, 3.8) is 0 Å². The van der Waals surface area contributed by atoms with E-state index < -0.39 is 0 Å². The maximum Gasteiger partial charge on any atom is 0.227 e. The molecule has 0 aliphatic carbocycles. The van der Waals surface area contributed by atoms with Crippen LogP contribution in [0.4, 0.5) is 4.39 Å². The molecule has 2 saturated heterocycles. The van der Waals surface area contributed by atoms with E-state index in [2.05, 4.69) is 17.9 Å². The number of hydrogen-bond donors (Lipinski definition) is 0. The van der Waals surface area contributed by atoms with Gasteiger partial charge in [0.15, 0.2) is 0 Å². The SMILES string of the molecule is CC(c1ccccc1Cl)N1CC2CC1CN2C(=O)Cc1ccc(Oc2cccc(F)c2)cc1. The summed E-state index contributed by atoms with van der Waals surface area (Å²) in [5.41, 5.74) is 2.08. The molecule has 2 heterocycles. The number of nitrogens with zero attached hydrogens (tertiary/aromatic N) is 2. The van der Waals surface area contributed by atoms with Crippen molar-refractivity contribution in [2.45, 2.75) is 37.9 Å². The van der Waals surface area contributed by atoms with Crippen LogP contribution in [0.3, 0.4) is 0 Å². The largest absolute Gasteiger partial charge is 0.457 e. The van der Waals surface area contributed by atoms with E-state index in [1.165, 1.54) is 12.1 Å². The van der Waals surface area contributed by atoms with Crippen molar-refractivity contribution in [2.75, 3.05) is 13.1 Å². The van der Waals surface area contributed by atoms with Gasteiger partial charge in [-0.2, -0.15) is 0 Å². The van der Waals surface area contributed by atoms with Crippen LogP contribution in [0.1, 0.15) is 30.5 Å². The molecule has 3 aromatic carbocycles. The number of halogens is 2. The van der Waals surface area contributed by atoms with E-state index >= 15 is 0 Å². The molecule has 0 saturated carbocycles. The van der Waals surface area contributed by atoms with Crippen molar-refractivity contribution in [2.24, 2.45) is 0 Å². The summed E-state index contributed by atoms with van der Waals surface area (Å²) in [6, 6.07) is 22.3. The number of carbonyl (C=O) groups is 1. The van der Waals surface area contributed by atoms with Crippen LogP contribution < -0.4 is 4.74 Å². The van der Waals surface area contributed by atoms with Crippen LogP contribution in [0.15, 0.2) is 72.8 Å². The molecule has 4 nitrogen and oxygen atoms in total. The Kier molecular flexibility index (Phi) is 6.09. The first-order valence-corrected chi connectivity index (χ1v) is 11.7. The molecule has 2 bridgehead atoms. The van der Waals surface area contributed by atoms with E-state index in [-0.39, 0.29) is 23.8 Å². The van der Waals surface area contributed by atoms with Crippen LogP contribution in [0.5, 0.6) is 11.5 Å². The third-order valence-electron chi connectivity index (χ3n) is 6.77. The predicted octanol–water partition coefficient (Wildman–Crippen LogP) is 5.86. The van der Waals surface area contributed by atoms with Crippen molar-refractivity contribution < 1.29 is 13.9 Å². The highest BCUT2D eigenvalue weighted by atomic mass is 35.5. The number of amides is 1. The third kappa shape index (κ3) is 4.61. The van der Waals surface area contributed by atoms with E-state index in [0.717, 1.165) is 35.7 Å². The number of hydrogen-bond acceptors (Lipinski definition) is 3. The highest BCUT2D eigenvalue weighted by Gasteiger charge is 2.46. The highest BCUT2D eigenvalue weighted by Crippen LogP contribution is 2.38. The van der Waals surface area contributed by atoms with Gasteiger partial charge in [0.05, 0.1) is 6.42 Å². The molecule has 0 N–H and O–H groups in total. The lowest BCUT2D eigenvalue weighted by molar-refractivity contribution is -0.133. The third-order valence-corrected chi connectivity index (χ3v) is 7.11. The minimum absolute atomic E-state index is 0.159. The van der Waals surface area contributed by atoms with Gasteiger partial charge in [-0.25, -0.2) is 4.39 Å². The zero-order chi connectivity index (χ0) is 22.9. The topological polar surface area (TPSA) is 32.8 Å². The fraction of sp³-hybridized carbons (Fsp3) is 0.296. The Morgan fingerprint density at radius 3 is 2.52 bits per heavy atom. The standard InChI is InChI=1S/C27H26ClFN2O2/c1-18(25-7-2-3-8-26(25)28)30-16-22-15-21(30)17-31(22)27(32)13-19-9-11-23(12-10-19)33-24-6-4-5-20(29)14-24/h2-12,14,18,21-22H,13,15-17H2,1H3. The predicted molar refractivity (Wildman–Crippen MR) is 127 cm³/mol. The molecule has 170 valence electrons. The second kappa shape index (κ2) is 9.16. The monoisotopic (exact) mass is 464 g/mol. The molecule has 0 spiro atoms. The Labute approximate surface area is 198 Å². The van der Waals surface area contributed by atoms with Crippen molar-refractivity contribution in [3.05, 3.63) is 94.8 Å². The summed E-state index contributed by atoms with van der Waals surface area (Å²) in [6.07, 6.45) is 1.38. The van der Waals surface area contributed by atoms with Gasteiger partial charge in [-0.15, -0.1) is 0 Å². The molecule has 3 unspecified atom stereocenters. The molecule has 2 fully saturated rings. The number of benzene rings is 3. The number of fused-ring (bicyclic) bond motifs is 2. The van der Waals surface area contributed by atoms with Crippen molar-refractivity contribution in [3.8, 4) is 11.5 Å². The first kappa shape index (κ1) is 21.9. The van der Waals surface area contributed by atoms with Gasteiger partial charge >= 0.3 is 0 Å². The smallest absolute Gasteiger partial charge is 0.227 e. The Morgan fingerprint density at radius 1 is 1.03 bits per heavy atom. The van der Waals surface area contributed by atoms with Crippen molar-refractivity contribution in [1.82, 2.24) is 9.80 Å². The van der Waals surface area contributed by atoms with Gasteiger partial charge in [0.1, 0.15) is 17.3 Å². The van der Waals surface area contributed by atoms with Gasteiger partial charge in [-0.1, -0.05) is 48.0 Å². The van der Waals surface area contributed by atoms with Gasteiger partial charge in [0.2, 0.25) is 5.91 Å². The first-order valence-electron chi connectivity index (χ1n) is 11.3. The molecule has 3 atom stereocenters. The van der Waals surface area contributed by atoms with Gasteiger partial charge in [-0.05, 0) is 54.8 Å². The van der Waals surface area contributed by atoms with Crippen LogP contribution in [0, 0.1) is 5.82 Å². The molecular formula is C27H26ClFN2O2. The molecule has 0 radical (unpaired) electrons. The first-order chi connectivity index (χ1) is 16.0. The lowest BCUT2D eigenvalue weighted by Crippen LogP contribution is -2.49. The van der Waals surface area contributed by atoms with E-state index in [1.54, 1.807) is 12.1 Å². The van der Waals surface area contributed by atoms with Crippen LogP contribution >= 0.6 is 11.6 Å². The summed E-state index contributed by atoms with van der Waals surface area (Å²) in [6.45, 7) is 3.84. The lowest BCUT2D eigenvalue weighted by Gasteiger charge is -2.38. The van der Waals surface area contributed by atoms with Gasteiger partial charge < -0.3 is 9.64 Å². The zero-order valence-corrected chi connectivity index (χ0v) is 19.2. The van der Waals surface area contributed by atoms with Crippen molar-refractivity contribution in [1.29, 1.82) is 0 Å². The lowest BCUT2D eigenvalue weighted by atomic mass is 10.1. The van der Waals surface area contributed by atoms with E-state index in [1.807, 2.05) is 47.4 Å². The molecule has 3 aromatic rings. The fourth-order valence-corrected chi connectivity index (χ4v) is 5.38. The maximum atomic E-state index is 13.3. The molecule has 2 aliphatic heterocycles. The number of carbonyl (C=O) groups excluding carboxylic acids is 1. The minimum Gasteiger partial charge on any atom is -0.457 e. The summed E-state index contributed by atoms with van der Waals surface area (Å²) in [7, 11) is 0. The molecule has 0 aromatic heterocycles. The van der Waals surface area contributed by atoms with E-state index in [4.69, 9.17) is 16.3 Å². The quantitative estimate of drug-likeness (QED) is 0.458. The fourth-order valence-electron chi connectivity index (χ4n) is 5.09. The Bertz CT molecular complexity index is 1150. The second-order valence-corrected chi connectivity index (χ2v) is 9.27. The zero-order valence-electron chi connectivity index (χ0n) is 18.5. The minimum atomic E-state index is -0.338. The van der Waals surface area contributed by atoms with Crippen LogP contribution in [-0.2, 0) is 11.2 Å². The number of ether oxygens (including phenoxy) is 1. The summed E-state index contributed by atoms with van der Waals surface area (Å²) in [5.74, 6) is 0.879. The van der Waals surface area contributed by atoms with E-state index in [0.29, 0.717) is 24.0 Å². The number of piperazine rings is 1. The number of rotatable bonds is 6. The second-order valence-electron chi connectivity index (χ2n) is 8.86. The van der Waals surface area contributed by atoms with Crippen LogP contribution in [0.25, 0.3) is 0 Å². The van der Waals surface area contributed by atoms with Gasteiger partial charge in [-0.3, -0.25) is 9.69 Å². The summed E-state index contributed by atoms with van der Waals surface area (Å²) in [5, 5.41) is 0.797. The summed E-state index contributed by atoms with van der Waals surface area (Å²) >= 11 is 6.42. The molecule has 5 rings (SSSR count). The molecule has 1 amide bonds. The number of likely N-dealkylation sites (tertiary alicyclic amines) is 2. The van der Waals surface area contributed by atoms with E-state index in [9.17, 15) is 9.18 Å². The normalized spacial score (nSPS) is 20.8. The molecule has 33 heavy (non-hydrogen) atoms. The summed E-state index contributed by atoms with van der Waals surface area (Å²) < 4.78 is 19.0. The van der Waals surface area contributed by atoms with Crippen LogP contribution in [0.2, 0.25) is 5.02 Å². The average Bonchev–Trinajstić information content (AvgIpc) is 3.42. The average molecular weight is 465 g/mol. The van der Waals surface area contributed by atoms with Gasteiger partial charge in [0.25, 0.3) is 0 Å². The molecule has 6 heteroatoms. The molecule has 2 aliphatic rings.